The van der Waals surface area contributed by atoms with Crippen LogP contribution in [0, 0.1) is 0 Å². The first-order chi connectivity index (χ1) is 6.48. The third-order valence-electron chi connectivity index (χ3n) is 2.63. The minimum absolute atomic E-state index is 0.260. The second-order valence-electron chi connectivity index (χ2n) is 4.42. The standard InChI is InChI=1S/C12H16N2/c1-12(2,13)10-4-5-11-9(8-10)6-7-14(11)3/h4-8H,13H2,1-3H3. The van der Waals surface area contributed by atoms with Crippen molar-refractivity contribution in [2.75, 3.05) is 0 Å². The van der Waals surface area contributed by atoms with Gasteiger partial charge in [-0.2, -0.15) is 0 Å². The monoisotopic (exact) mass is 188 g/mol. The van der Waals surface area contributed by atoms with E-state index in [9.17, 15) is 0 Å². The van der Waals surface area contributed by atoms with Crippen LogP contribution >= 0.6 is 0 Å². The lowest BCUT2D eigenvalue weighted by atomic mass is 9.95. The number of rotatable bonds is 1. The molecule has 0 unspecified atom stereocenters. The van der Waals surface area contributed by atoms with E-state index in [0.29, 0.717) is 0 Å². The van der Waals surface area contributed by atoms with Crippen molar-refractivity contribution in [1.29, 1.82) is 0 Å². The molecule has 2 rings (SSSR count). The summed E-state index contributed by atoms with van der Waals surface area (Å²) < 4.78 is 2.11. The van der Waals surface area contributed by atoms with Gasteiger partial charge in [0.2, 0.25) is 0 Å². The highest BCUT2D eigenvalue weighted by Gasteiger charge is 2.14. The molecule has 0 bridgehead atoms. The van der Waals surface area contributed by atoms with Gasteiger partial charge in [0, 0.05) is 24.3 Å². The quantitative estimate of drug-likeness (QED) is 0.731. The van der Waals surface area contributed by atoms with Crippen molar-refractivity contribution in [3.63, 3.8) is 0 Å². The fraction of sp³-hybridized carbons (Fsp3) is 0.333. The molecule has 2 nitrogen and oxygen atoms in total. The molecule has 0 saturated carbocycles. The molecule has 0 atom stereocenters. The minimum atomic E-state index is -0.260. The van der Waals surface area contributed by atoms with E-state index < -0.39 is 0 Å². The Kier molecular flexibility index (Phi) is 1.89. The molecule has 74 valence electrons. The van der Waals surface area contributed by atoms with E-state index in [-0.39, 0.29) is 5.54 Å². The molecule has 1 aromatic heterocycles. The lowest BCUT2D eigenvalue weighted by molar-refractivity contribution is 0.555. The van der Waals surface area contributed by atoms with Crippen molar-refractivity contribution in [1.82, 2.24) is 4.57 Å². The summed E-state index contributed by atoms with van der Waals surface area (Å²) in [5.41, 5.74) is 8.21. The molecule has 2 heteroatoms. The fourth-order valence-electron chi connectivity index (χ4n) is 1.68. The van der Waals surface area contributed by atoms with Crippen LogP contribution < -0.4 is 5.73 Å². The third-order valence-corrected chi connectivity index (χ3v) is 2.63. The Morgan fingerprint density at radius 3 is 2.57 bits per heavy atom. The predicted molar refractivity (Wildman–Crippen MR) is 60.1 cm³/mol. The van der Waals surface area contributed by atoms with Gasteiger partial charge in [0.1, 0.15) is 0 Å². The second-order valence-corrected chi connectivity index (χ2v) is 4.42. The van der Waals surface area contributed by atoms with Gasteiger partial charge in [0.25, 0.3) is 0 Å². The Bertz CT molecular complexity index is 461. The molecule has 0 saturated heterocycles. The van der Waals surface area contributed by atoms with Crippen molar-refractivity contribution in [3.05, 3.63) is 36.0 Å². The first kappa shape index (κ1) is 9.28. The molecule has 1 aromatic carbocycles. The largest absolute Gasteiger partial charge is 0.351 e. The first-order valence-electron chi connectivity index (χ1n) is 4.83. The zero-order valence-electron chi connectivity index (χ0n) is 8.91. The Labute approximate surface area is 84.3 Å². The number of nitrogens with zero attached hydrogens (tertiary/aromatic N) is 1. The van der Waals surface area contributed by atoms with Gasteiger partial charge in [-0.1, -0.05) is 6.07 Å². The van der Waals surface area contributed by atoms with Crippen LogP contribution in [-0.2, 0) is 12.6 Å². The van der Waals surface area contributed by atoms with Gasteiger partial charge in [-0.3, -0.25) is 0 Å². The molecule has 0 spiro atoms. The summed E-state index contributed by atoms with van der Waals surface area (Å²) in [6.07, 6.45) is 2.07. The first-order valence-corrected chi connectivity index (χ1v) is 4.83. The Morgan fingerprint density at radius 1 is 1.21 bits per heavy atom. The summed E-state index contributed by atoms with van der Waals surface area (Å²) in [7, 11) is 2.05. The van der Waals surface area contributed by atoms with E-state index in [1.807, 2.05) is 13.8 Å². The van der Waals surface area contributed by atoms with Gasteiger partial charge in [-0.05, 0) is 43.0 Å². The molecule has 2 N–H and O–H groups in total. The molecular weight excluding hydrogens is 172 g/mol. The molecule has 0 aliphatic carbocycles. The molecule has 14 heavy (non-hydrogen) atoms. The molecule has 1 heterocycles. The number of fused-ring (bicyclic) bond motifs is 1. The topological polar surface area (TPSA) is 30.9 Å². The number of aromatic nitrogens is 1. The maximum Gasteiger partial charge on any atom is 0.0477 e. The van der Waals surface area contributed by atoms with Gasteiger partial charge < -0.3 is 10.3 Å². The highest BCUT2D eigenvalue weighted by molar-refractivity contribution is 5.81. The molecule has 0 aliphatic rings. The van der Waals surface area contributed by atoms with Crippen molar-refractivity contribution < 1.29 is 0 Å². The maximum absolute atomic E-state index is 6.05. The van der Waals surface area contributed by atoms with E-state index in [1.54, 1.807) is 0 Å². The molecular formula is C12H16N2. The zero-order chi connectivity index (χ0) is 10.3. The number of hydrogen-bond donors (Lipinski definition) is 1. The molecule has 0 radical (unpaired) electrons. The van der Waals surface area contributed by atoms with Crippen LogP contribution in [0.15, 0.2) is 30.5 Å². The van der Waals surface area contributed by atoms with Crippen molar-refractivity contribution in [2.45, 2.75) is 19.4 Å². The average Bonchev–Trinajstić information content (AvgIpc) is 2.46. The van der Waals surface area contributed by atoms with Crippen LogP contribution in [0.3, 0.4) is 0 Å². The van der Waals surface area contributed by atoms with E-state index in [2.05, 4.69) is 42.1 Å². The molecule has 0 amide bonds. The smallest absolute Gasteiger partial charge is 0.0477 e. The summed E-state index contributed by atoms with van der Waals surface area (Å²) in [4.78, 5) is 0. The summed E-state index contributed by atoms with van der Waals surface area (Å²) in [6, 6.07) is 8.50. The lowest BCUT2D eigenvalue weighted by Crippen LogP contribution is -2.28. The summed E-state index contributed by atoms with van der Waals surface area (Å²) in [5.74, 6) is 0. The van der Waals surface area contributed by atoms with Crippen molar-refractivity contribution >= 4 is 10.9 Å². The molecule has 0 fully saturated rings. The van der Waals surface area contributed by atoms with Gasteiger partial charge in [0.15, 0.2) is 0 Å². The van der Waals surface area contributed by atoms with Crippen LogP contribution in [0.2, 0.25) is 0 Å². The van der Waals surface area contributed by atoms with Crippen LogP contribution in [-0.4, -0.2) is 4.57 Å². The number of hydrogen-bond acceptors (Lipinski definition) is 1. The summed E-state index contributed by atoms with van der Waals surface area (Å²) in [6.45, 7) is 4.05. The maximum atomic E-state index is 6.05. The predicted octanol–water partition coefficient (Wildman–Crippen LogP) is 2.37. The van der Waals surface area contributed by atoms with Crippen LogP contribution in [0.25, 0.3) is 10.9 Å². The van der Waals surface area contributed by atoms with E-state index in [0.717, 1.165) is 0 Å². The van der Waals surface area contributed by atoms with Crippen molar-refractivity contribution in [2.24, 2.45) is 12.8 Å². The summed E-state index contributed by atoms with van der Waals surface area (Å²) >= 11 is 0. The van der Waals surface area contributed by atoms with Gasteiger partial charge in [-0.15, -0.1) is 0 Å². The van der Waals surface area contributed by atoms with Crippen molar-refractivity contribution in [3.8, 4) is 0 Å². The SMILES string of the molecule is Cn1ccc2cc(C(C)(C)N)ccc21. The van der Waals surface area contributed by atoms with Gasteiger partial charge in [0.05, 0.1) is 0 Å². The average molecular weight is 188 g/mol. The lowest BCUT2D eigenvalue weighted by Gasteiger charge is -2.19. The van der Waals surface area contributed by atoms with Crippen LogP contribution in [0.4, 0.5) is 0 Å². The van der Waals surface area contributed by atoms with E-state index >= 15 is 0 Å². The number of aryl methyl sites for hydroxylation is 1. The highest BCUT2D eigenvalue weighted by Crippen LogP contribution is 2.22. The van der Waals surface area contributed by atoms with Gasteiger partial charge >= 0.3 is 0 Å². The Hall–Kier alpha value is -1.28. The van der Waals surface area contributed by atoms with E-state index in [4.69, 9.17) is 5.73 Å². The molecule has 0 aliphatic heterocycles. The Morgan fingerprint density at radius 2 is 1.93 bits per heavy atom. The fourth-order valence-corrected chi connectivity index (χ4v) is 1.68. The molecule has 2 aromatic rings. The number of nitrogens with two attached hydrogens (primary N) is 1. The highest BCUT2D eigenvalue weighted by atomic mass is 14.9. The summed E-state index contributed by atoms with van der Waals surface area (Å²) in [5, 5.41) is 1.25. The van der Waals surface area contributed by atoms with Crippen LogP contribution in [0.5, 0.6) is 0 Å². The van der Waals surface area contributed by atoms with Gasteiger partial charge in [-0.25, -0.2) is 0 Å². The second kappa shape index (κ2) is 2.85. The van der Waals surface area contributed by atoms with Crippen LogP contribution in [0.1, 0.15) is 19.4 Å². The number of benzene rings is 1. The minimum Gasteiger partial charge on any atom is -0.351 e. The third kappa shape index (κ3) is 1.42. The van der Waals surface area contributed by atoms with E-state index in [1.165, 1.54) is 16.5 Å². The normalized spacial score (nSPS) is 12.3. The zero-order valence-corrected chi connectivity index (χ0v) is 8.91. The Balaban J connectivity index is 2.63.